The van der Waals surface area contributed by atoms with Crippen molar-refractivity contribution < 1.29 is 9.59 Å². The van der Waals surface area contributed by atoms with Crippen LogP contribution in [0.3, 0.4) is 0 Å². The zero-order valence-electron chi connectivity index (χ0n) is 35.3. The number of anilines is 2. The third kappa shape index (κ3) is 8.29. The van der Waals surface area contributed by atoms with Crippen molar-refractivity contribution in [2.75, 3.05) is 36.0 Å². The van der Waals surface area contributed by atoms with Crippen LogP contribution in [0.15, 0.2) is 73.3 Å². The molecule has 0 saturated heterocycles. The topological polar surface area (TPSA) is 124 Å². The first-order chi connectivity index (χ1) is 28.1. The number of benzene rings is 2. The fraction of sp³-hybridized carbons (Fsp3) is 0.458. The molecule has 0 amide bonds. The Hall–Kier alpha value is -5.38. The largest absolute Gasteiger partial charge is 0.372 e. The number of hydrogen-bond acceptors (Lipinski definition) is 8. The van der Waals surface area contributed by atoms with Gasteiger partial charge in [-0.1, -0.05) is 76.6 Å². The molecular weight excluding hydrogens is 721 g/mol. The summed E-state index contributed by atoms with van der Waals surface area (Å²) in [6.45, 7) is 16.8. The highest BCUT2D eigenvalue weighted by Crippen LogP contribution is 2.41. The van der Waals surface area contributed by atoms with Crippen LogP contribution in [0.5, 0.6) is 0 Å². The van der Waals surface area contributed by atoms with Crippen molar-refractivity contribution in [3.8, 4) is 22.5 Å². The van der Waals surface area contributed by atoms with Gasteiger partial charge in [-0.05, 0) is 77.6 Å². The quantitative estimate of drug-likeness (QED) is 0.118. The molecule has 6 aromatic rings. The highest BCUT2D eigenvalue weighted by molar-refractivity contribution is 6.09. The number of aromatic amines is 2. The molecule has 2 fully saturated rings. The number of nitrogens with one attached hydrogen (secondary N) is 2. The fourth-order valence-corrected chi connectivity index (χ4v) is 9.04. The molecule has 2 saturated carbocycles. The second kappa shape index (κ2) is 17.6. The lowest BCUT2D eigenvalue weighted by Crippen LogP contribution is -2.30. The van der Waals surface area contributed by atoms with E-state index in [-0.39, 0.29) is 22.4 Å². The van der Waals surface area contributed by atoms with Gasteiger partial charge in [0.05, 0.1) is 34.9 Å². The van der Waals surface area contributed by atoms with Crippen LogP contribution in [0.25, 0.3) is 44.8 Å². The molecule has 0 atom stereocenters. The number of carbonyl (C=O) groups excluding carboxylic acids is 2. The van der Waals surface area contributed by atoms with Crippen LogP contribution in [0, 0.1) is 10.8 Å². The van der Waals surface area contributed by atoms with E-state index >= 15 is 0 Å². The van der Waals surface area contributed by atoms with E-state index in [1.807, 2.05) is 0 Å². The summed E-state index contributed by atoms with van der Waals surface area (Å²) in [5.74, 6) is 0.401. The van der Waals surface area contributed by atoms with Gasteiger partial charge in [-0.2, -0.15) is 0 Å². The summed E-state index contributed by atoms with van der Waals surface area (Å²) >= 11 is 0. The molecule has 0 aliphatic heterocycles. The number of Topliss-reactive ketones (excluding diaryl/α,β-unsaturated/α-hetero) is 2. The van der Waals surface area contributed by atoms with Gasteiger partial charge in [0.25, 0.3) is 0 Å². The zero-order chi connectivity index (χ0) is 40.9. The normalized spacial score (nSPS) is 16.1. The van der Waals surface area contributed by atoms with Crippen LogP contribution in [0.4, 0.5) is 11.4 Å². The Kier molecular flexibility index (Phi) is 12.4. The maximum atomic E-state index is 13.3. The van der Waals surface area contributed by atoms with Crippen molar-refractivity contribution in [3.63, 3.8) is 0 Å². The van der Waals surface area contributed by atoms with Crippen molar-refractivity contribution in [2.24, 2.45) is 10.8 Å². The number of nitrogens with zero attached hydrogens (tertiary/aromatic N) is 6. The SMILES string of the molecule is CCN(CC)c1ccc(-c2cnc3[nH]cc(C(=O)C4(C)CCCCC4)c3n2)cc1.CCN(CC)c1ccc(-c2cnc3[nH]cc(C(=O)C4(C)CCCCC4)c3n2)cc1. The second-order valence-electron chi connectivity index (χ2n) is 16.6. The van der Waals surface area contributed by atoms with Crippen LogP contribution in [0.1, 0.15) is 126 Å². The van der Waals surface area contributed by atoms with Crippen LogP contribution >= 0.6 is 0 Å². The van der Waals surface area contributed by atoms with Crippen molar-refractivity contribution >= 4 is 45.3 Å². The molecule has 10 nitrogen and oxygen atoms in total. The highest BCUT2D eigenvalue weighted by Gasteiger charge is 2.38. The van der Waals surface area contributed by atoms with Gasteiger partial charge >= 0.3 is 0 Å². The number of aromatic nitrogens is 6. The van der Waals surface area contributed by atoms with E-state index in [4.69, 9.17) is 9.97 Å². The van der Waals surface area contributed by atoms with Gasteiger partial charge in [0.2, 0.25) is 0 Å². The Morgan fingerprint density at radius 2 is 0.897 bits per heavy atom. The van der Waals surface area contributed by atoms with Gasteiger partial charge in [0, 0.05) is 71.9 Å². The average molecular weight is 781 g/mol. The van der Waals surface area contributed by atoms with Gasteiger partial charge < -0.3 is 19.8 Å². The fourth-order valence-electron chi connectivity index (χ4n) is 9.04. The Bertz CT molecular complexity index is 2160. The summed E-state index contributed by atoms with van der Waals surface area (Å²) in [6, 6.07) is 16.8. The standard InChI is InChI=1S/2C24H30N4O/c2*1-4-28(5-2)18-11-9-17(10-12-18)20-16-26-23-21(27-20)19(15-25-23)22(29)24(3)13-7-6-8-14-24/h2*9-12,15-16H,4-8,13-14H2,1-3H3,(H,25,26). The van der Waals surface area contributed by atoms with Crippen LogP contribution in [0.2, 0.25) is 0 Å². The van der Waals surface area contributed by atoms with Gasteiger partial charge in [-0.15, -0.1) is 0 Å². The van der Waals surface area contributed by atoms with Crippen molar-refractivity contribution in [1.29, 1.82) is 0 Å². The molecule has 0 bridgehead atoms. The van der Waals surface area contributed by atoms with Crippen molar-refractivity contribution in [3.05, 3.63) is 84.4 Å². The molecule has 4 heterocycles. The third-order valence-electron chi connectivity index (χ3n) is 12.8. The molecule has 58 heavy (non-hydrogen) atoms. The minimum Gasteiger partial charge on any atom is -0.372 e. The number of rotatable bonds is 12. The molecule has 2 aromatic carbocycles. The smallest absolute Gasteiger partial charge is 0.172 e. The number of hydrogen-bond donors (Lipinski definition) is 2. The van der Waals surface area contributed by atoms with E-state index in [9.17, 15) is 9.59 Å². The molecule has 0 radical (unpaired) electrons. The van der Waals surface area contributed by atoms with Gasteiger partial charge in [0.1, 0.15) is 11.0 Å². The van der Waals surface area contributed by atoms with E-state index in [1.165, 1.54) is 24.2 Å². The molecule has 2 N–H and O–H groups in total. The lowest BCUT2D eigenvalue weighted by molar-refractivity contribution is 0.0745. The predicted octanol–water partition coefficient (Wildman–Crippen LogP) is 11.2. The average Bonchev–Trinajstić information content (AvgIpc) is 3.89. The van der Waals surface area contributed by atoms with Crippen molar-refractivity contribution in [2.45, 2.75) is 106 Å². The third-order valence-corrected chi connectivity index (χ3v) is 12.8. The highest BCUT2D eigenvalue weighted by atomic mass is 16.1. The summed E-state index contributed by atoms with van der Waals surface area (Å²) in [7, 11) is 0. The van der Waals surface area contributed by atoms with E-state index in [1.54, 1.807) is 24.8 Å². The Morgan fingerprint density at radius 1 is 0.552 bits per heavy atom. The summed E-state index contributed by atoms with van der Waals surface area (Å²) in [5, 5.41) is 0. The maximum absolute atomic E-state index is 13.3. The molecule has 0 unspecified atom stereocenters. The first-order valence-electron chi connectivity index (χ1n) is 21.6. The molecule has 4 aromatic heterocycles. The van der Waals surface area contributed by atoms with E-state index in [0.29, 0.717) is 33.5 Å². The second-order valence-corrected chi connectivity index (χ2v) is 16.6. The van der Waals surface area contributed by atoms with Crippen molar-refractivity contribution in [1.82, 2.24) is 29.9 Å². The molecule has 304 valence electrons. The Morgan fingerprint density at radius 3 is 1.22 bits per heavy atom. The van der Waals surface area contributed by atoms with Gasteiger partial charge in [-0.3, -0.25) is 9.59 Å². The molecular formula is C48H60N8O2. The Balaban J connectivity index is 0.000000177. The minimum atomic E-state index is -0.281. The summed E-state index contributed by atoms with van der Waals surface area (Å²) in [6.07, 6.45) is 17.9. The summed E-state index contributed by atoms with van der Waals surface area (Å²) in [5.41, 5.74) is 9.55. The minimum absolute atomic E-state index is 0.201. The summed E-state index contributed by atoms with van der Waals surface area (Å²) in [4.78, 5) is 56.3. The number of H-pyrrole nitrogens is 2. The lowest BCUT2D eigenvalue weighted by Gasteiger charge is -2.31. The number of fused-ring (bicyclic) bond motifs is 2. The van der Waals surface area contributed by atoms with Crippen LogP contribution < -0.4 is 9.80 Å². The van der Waals surface area contributed by atoms with Crippen LogP contribution in [-0.2, 0) is 0 Å². The van der Waals surface area contributed by atoms with E-state index in [0.717, 1.165) is 100 Å². The molecule has 8 rings (SSSR count). The zero-order valence-corrected chi connectivity index (χ0v) is 35.3. The van der Waals surface area contributed by atoms with Gasteiger partial charge in [-0.25, -0.2) is 19.9 Å². The molecule has 0 spiro atoms. The van der Waals surface area contributed by atoms with Gasteiger partial charge in [0.15, 0.2) is 22.9 Å². The molecule has 2 aliphatic rings. The monoisotopic (exact) mass is 780 g/mol. The first-order valence-corrected chi connectivity index (χ1v) is 21.6. The van der Waals surface area contributed by atoms with E-state index in [2.05, 4.69) is 120 Å². The first kappa shape index (κ1) is 40.8. The van der Waals surface area contributed by atoms with E-state index < -0.39 is 0 Å². The predicted molar refractivity (Wildman–Crippen MR) is 237 cm³/mol. The lowest BCUT2D eigenvalue weighted by atomic mass is 9.71. The van der Waals surface area contributed by atoms with Crippen LogP contribution in [-0.4, -0.2) is 67.6 Å². The molecule has 10 heteroatoms. The summed E-state index contributed by atoms with van der Waals surface area (Å²) < 4.78 is 0. The maximum Gasteiger partial charge on any atom is 0.172 e. The number of ketones is 2. The molecule has 2 aliphatic carbocycles. The Labute approximate surface area is 343 Å². The number of carbonyl (C=O) groups is 2.